The summed E-state index contributed by atoms with van der Waals surface area (Å²) in [6.45, 7) is 0. The molecule has 0 spiro atoms. The van der Waals surface area contributed by atoms with Crippen LogP contribution in [0.4, 0.5) is 22.4 Å². The first kappa shape index (κ1) is 28.0. The average molecular weight is 571 g/mol. The third-order valence-corrected chi connectivity index (χ3v) is 8.89. The lowest BCUT2D eigenvalue weighted by Gasteiger charge is -2.30. The van der Waals surface area contributed by atoms with Gasteiger partial charge in [0.25, 0.3) is 0 Å². The molecule has 11 heteroatoms. The molecule has 11 nitrogen and oxygen atoms in total. The van der Waals surface area contributed by atoms with Gasteiger partial charge in [-0.1, -0.05) is 25.0 Å². The van der Waals surface area contributed by atoms with Crippen molar-refractivity contribution in [1.29, 1.82) is 5.41 Å². The molecule has 6 N–H and O–H groups in total. The highest BCUT2D eigenvalue weighted by Gasteiger charge is 2.27. The summed E-state index contributed by atoms with van der Waals surface area (Å²) in [7, 11) is 3.76. The van der Waals surface area contributed by atoms with Crippen LogP contribution in [0.5, 0.6) is 0 Å². The second kappa shape index (κ2) is 12.4. The summed E-state index contributed by atoms with van der Waals surface area (Å²) in [6.07, 6.45) is 12.1. The van der Waals surface area contributed by atoms with E-state index in [-0.39, 0.29) is 24.2 Å². The molecular formula is C31H42N10O. The first-order chi connectivity index (χ1) is 20.4. The van der Waals surface area contributed by atoms with E-state index in [9.17, 15) is 4.79 Å². The van der Waals surface area contributed by atoms with Crippen molar-refractivity contribution in [2.75, 3.05) is 24.7 Å². The third-order valence-electron chi connectivity index (χ3n) is 8.89. The maximum absolute atomic E-state index is 12.8. The molecule has 222 valence electrons. The van der Waals surface area contributed by atoms with Crippen molar-refractivity contribution < 1.29 is 4.79 Å². The van der Waals surface area contributed by atoms with Crippen molar-refractivity contribution in [3.05, 3.63) is 58.9 Å². The maximum Gasteiger partial charge on any atom is 0.315 e. The predicted molar refractivity (Wildman–Crippen MR) is 165 cm³/mol. The number of nitrogens with one attached hydrogen (secondary N) is 6. The van der Waals surface area contributed by atoms with E-state index >= 15 is 0 Å². The van der Waals surface area contributed by atoms with Crippen LogP contribution in [0.2, 0.25) is 0 Å². The van der Waals surface area contributed by atoms with Crippen molar-refractivity contribution in [2.24, 2.45) is 0 Å². The zero-order chi connectivity index (χ0) is 29.1. The summed E-state index contributed by atoms with van der Waals surface area (Å²) < 4.78 is 0. The van der Waals surface area contributed by atoms with Crippen molar-refractivity contribution in [3.8, 4) is 0 Å². The van der Waals surface area contributed by atoms with Crippen molar-refractivity contribution in [2.45, 2.75) is 88.3 Å². The second-order valence-electron chi connectivity index (χ2n) is 12.2. The minimum atomic E-state index is -0.0953. The molecule has 3 aromatic rings. The van der Waals surface area contributed by atoms with Gasteiger partial charge in [0, 0.05) is 61.7 Å². The van der Waals surface area contributed by atoms with E-state index in [2.05, 4.69) is 59.6 Å². The van der Waals surface area contributed by atoms with Gasteiger partial charge in [-0.2, -0.15) is 10.1 Å². The number of hydrogen-bond acceptors (Lipinski definition) is 7. The van der Waals surface area contributed by atoms with Gasteiger partial charge in [-0.3, -0.25) is 10.5 Å². The fraction of sp³-hybridized carbons (Fsp3) is 0.516. The molecular weight excluding hydrogens is 528 g/mol. The quantitative estimate of drug-likeness (QED) is 0.170. The lowest BCUT2D eigenvalue weighted by molar-refractivity contribution is 0.228. The van der Waals surface area contributed by atoms with Gasteiger partial charge in [-0.25, -0.2) is 9.78 Å². The zero-order valence-corrected chi connectivity index (χ0v) is 24.5. The Hall–Kier alpha value is -4.15. The van der Waals surface area contributed by atoms with E-state index in [1.54, 1.807) is 11.1 Å². The van der Waals surface area contributed by atoms with Crippen molar-refractivity contribution in [1.82, 2.24) is 35.7 Å². The standard InChI is InChI=1S/C31H42N10O/c1-41(2)29(32)21-8-7-20-16-25(17-22(20)15-21)36-31(42)35-24-11-9-23(10-12-24)34-30-33-14-13-27(38-30)37-28-18-26(39-40-28)19-5-3-4-6-19/h7-8,13-15,18-19,23-25,32H,3-6,9-12,16-17H2,1-2H3,(H2,35,36,42)(H3,33,34,37,38,39,40). The molecule has 0 radical (unpaired) electrons. The number of nitrogens with zero attached hydrogens (tertiary/aromatic N) is 4. The molecule has 2 fully saturated rings. The Balaban J connectivity index is 0.935. The molecule has 1 unspecified atom stereocenters. The molecule has 2 aromatic heterocycles. The van der Waals surface area contributed by atoms with Crippen LogP contribution in [-0.4, -0.2) is 69.2 Å². The van der Waals surface area contributed by atoms with Gasteiger partial charge in [0.1, 0.15) is 11.7 Å². The van der Waals surface area contributed by atoms with E-state index in [4.69, 9.17) is 5.41 Å². The zero-order valence-electron chi connectivity index (χ0n) is 24.5. The first-order valence-corrected chi connectivity index (χ1v) is 15.3. The maximum atomic E-state index is 12.8. The number of H-pyrrole nitrogens is 1. The molecule has 0 saturated heterocycles. The topological polar surface area (TPSA) is 147 Å². The summed E-state index contributed by atoms with van der Waals surface area (Å²) in [6, 6.07) is 10.5. The Morgan fingerprint density at radius 2 is 1.64 bits per heavy atom. The number of aromatic nitrogens is 4. The van der Waals surface area contributed by atoms with Gasteiger partial charge in [0.2, 0.25) is 5.95 Å². The summed E-state index contributed by atoms with van der Waals surface area (Å²) in [5.74, 6) is 3.18. The summed E-state index contributed by atoms with van der Waals surface area (Å²) in [5.41, 5.74) is 4.58. The van der Waals surface area contributed by atoms with Crippen LogP contribution in [0, 0.1) is 5.41 Å². The monoisotopic (exact) mass is 570 g/mol. The van der Waals surface area contributed by atoms with E-state index in [1.165, 1.54) is 42.5 Å². The number of fused-ring (bicyclic) bond motifs is 1. The molecule has 3 aliphatic carbocycles. The number of urea groups is 1. The van der Waals surface area contributed by atoms with Crippen LogP contribution in [0.1, 0.15) is 79.7 Å². The third kappa shape index (κ3) is 6.66. The van der Waals surface area contributed by atoms with E-state index in [1.807, 2.05) is 26.2 Å². The fourth-order valence-electron chi connectivity index (χ4n) is 6.58. The van der Waals surface area contributed by atoms with E-state index < -0.39 is 0 Å². The molecule has 2 heterocycles. The summed E-state index contributed by atoms with van der Waals surface area (Å²) in [4.78, 5) is 23.7. The smallest absolute Gasteiger partial charge is 0.315 e. The molecule has 2 saturated carbocycles. The minimum Gasteiger partial charge on any atom is -0.363 e. The molecule has 0 aliphatic heterocycles. The predicted octanol–water partition coefficient (Wildman–Crippen LogP) is 4.68. The number of benzene rings is 1. The van der Waals surface area contributed by atoms with Gasteiger partial charge in [0.15, 0.2) is 5.82 Å². The molecule has 2 amide bonds. The molecule has 42 heavy (non-hydrogen) atoms. The largest absolute Gasteiger partial charge is 0.363 e. The lowest BCUT2D eigenvalue weighted by atomic mass is 9.91. The Bertz CT molecular complexity index is 1400. The number of amidine groups is 1. The Labute approximate surface area is 247 Å². The Kier molecular flexibility index (Phi) is 8.25. The molecule has 1 atom stereocenters. The molecule has 1 aromatic carbocycles. The van der Waals surface area contributed by atoms with Crippen LogP contribution >= 0.6 is 0 Å². The number of hydrogen-bond donors (Lipinski definition) is 6. The van der Waals surface area contributed by atoms with Gasteiger partial charge < -0.3 is 26.2 Å². The fourth-order valence-corrected chi connectivity index (χ4v) is 6.58. The van der Waals surface area contributed by atoms with Crippen LogP contribution < -0.4 is 21.3 Å². The number of aromatic amines is 1. The van der Waals surface area contributed by atoms with Crippen LogP contribution in [0.3, 0.4) is 0 Å². The highest BCUT2D eigenvalue weighted by atomic mass is 16.2. The second-order valence-corrected chi connectivity index (χ2v) is 12.2. The highest BCUT2D eigenvalue weighted by Crippen LogP contribution is 2.34. The van der Waals surface area contributed by atoms with Crippen LogP contribution in [0.15, 0.2) is 36.5 Å². The Morgan fingerprint density at radius 3 is 2.43 bits per heavy atom. The van der Waals surface area contributed by atoms with E-state index in [0.717, 1.165) is 49.9 Å². The Morgan fingerprint density at radius 1 is 0.905 bits per heavy atom. The van der Waals surface area contributed by atoms with Crippen LogP contribution in [0.25, 0.3) is 0 Å². The lowest BCUT2D eigenvalue weighted by Crippen LogP contribution is -2.48. The number of anilines is 3. The normalized spacial score (nSPS) is 21.9. The highest BCUT2D eigenvalue weighted by molar-refractivity contribution is 5.96. The SMILES string of the molecule is CN(C)C(=N)c1ccc2c(c1)CC(NC(=O)NC1CCC(Nc3nccc(Nc4cc(C5CCCC5)[nH]n4)n3)CC1)C2. The summed E-state index contributed by atoms with van der Waals surface area (Å²) in [5, 5.41) is 29.0. The molecule has 6 rings (SSSR count). The number of rotatable bonds is 8. The van der Waals surface area contributed by atoms with Gasteiger partial charge >= 0.3 is 6.03 Å². The average Bonchev–Trinajstić information content (AvgIpc) is 3.74. The molecule has 3 aliphatic rings. The van der Waals surface area contributed by atoms with Gasteiger partial charge in [0.05, 0.1) is 0 Å². The van der Waals surface area contributed by atoms with Gasteiger partial charge in [-0.15, -0.1) is 0 Å². The van der Waals surface area contributed by atoms with Crippen molar-refractivity contribution >= 4 is 29.5 Å². The molecule has 0 bridgehead atoms. The number of carbonyl (C=O) groups excluding carboxylic acids is 1. The number of amides is 2. The number of carbonyl (C=O) groups is 1. The van der Waals surface area contributed by atoms with E-state index in [0.29, 0.717) is 23.5 Å². The van der Waals surface area contributed by atoms with Gasteiger partial charge in [-0.05, 0) is 74.6 Å². The van der Waals surface area contributed by atoms with Crippen molar-refractivity contribution in [3.63, 3.8) is 0 Å². The minimum absolute atomic E-state index is 0.0793. The first-order valence-electron chi connectivity index (χ1n) is 15.3. The van der Waals surface area contributed by atoms with Crippen LogP contribution in [-0.2, 0) is 12.8 Å². The summed E-state index contributed by atoms with van der Waals surface area (Å²) >= 11 is 0.